The van der Waals surface area contributed by atoms with Crippen LogP contribution < -0.4 is 5.32 Å². The molecule has 1 saturated heterocycles. The highest BCUT2D eigenvalue weighted by atomic mass is 19.1. The number of aromatic nitrogens is 4. The number of hydrogen-bond acceptors (Lipinski definition) is 6. The molecule has 0 spiro atoms. The zero-order valence-corrected chi connectivity index (χ0v) is 13.7. The number of hydrogen-bond donors (Lipinski definition) is 2. The molecule has 0 saturated carbocycles. The van der Waals surface area contributed by atoms with Gasteiger partial charge >= 0.3 is 0 Å². The van der Waals surface area contributed by atoms with Crippen molar-refractivity contribution in [1.29, 1.82) is 0 Å². The van der Waals surface area contributed by atoms with Gasteiger partial charge in [0.15, 0.2) is 5.65 Å². The van der Waals surface area contributed by atoms with Gasteiger partial charge in [-0.1, -0.05) is 12.1 Å². The molecule has 130 valence electrons. The number of nitrogens with one attached hydrogen (secondary N) is 2. The second-order valence-electron chi connectivity index (χ2n) is 5.95. The van der Waals surface area contributed by atoms with Crippen LogP contribution >= 0.6 is 0 Å². The minimum Gasteiger partial charge on any atom is -0.379 e. The molecule has 2 aromatic heterocycles. The molecule has 1 atom stereocenters. The van der Waals surface area contributed by atoms with Crippen molar-refractivity contribution in [1.82, 2.24) is 25.1 Å². The Labute approximate surface area is 144 Å². The summed E-state index contributed by atoms with van der Waals surface area (Å²) >= 11 is 0. The van der Waals surface area contributed by atoms with Gasteiger partial charge in [-0.3, -0.25) is 10.00 Å². The zero-order chi connectivity index (χ0) is 17.1. The normalized spacial score (nSPS) is 16.8. The molecule has 3 heterocycles. The lowest BCUT2D eigenvalue weighted by Crippen LogP contribution is -2.41. The molecule has 7 nitrogen and oxygen atoms in total. The Morgan fingerprint density at radius 2 is 2.00 bits per heavy atom. The van der Waals surface area contributed by atoms with E-state index in [4.69, 9.17) is 4.74 Å². The van der Waals surface area contributed by atoms with Gasteiger partial charge in [-0.2, -0.15) is 5.10 Å². The molecule has 0 aliphatic carbocycles. The number of aromatic amines is 1. The van der Waals surface area contributed by atoms with Gasteiger partial charge < -0.3 is 10.1 Å². The van der Waals surface area contributed by atoms with Gasteiger partial charge in [0.2, 0.25) is 0 Å². The number of morpholine rings is 1. The van der Waals surface area contributed by atoms with Gasteiger partial charge in [0.05, 0.1) is 30.8 Å². The van der Waals surface area contributed by atoms with Crippen LogP contribution in [0.15, 0.2) is 36.8 Å². The Kier molecular flexibility index (Phi) is 4.53. The minimum atomic E-state index is -0.228. The predicted octanol–water partition coefficient (Wildman–Crippen LogP) is 1.98. The fraction of sp³-hybridized carbons (Fsp3) is 0.353. The summed E-state index contributed by atoms with van der Waals surface area (Å²) in [7, 11) is 0. The van der Waals surface area contributed by atoms with E-state index in [1.807, 2.05) is 12.1 Å². The summed E-state index contributed by atoms with van der Waals surface area (Å²) in [6.45, 7) is 3.74. The van der Waals surface area contributed by atoms with Gasteiger partial charge in [0.1, 0.15) is 18.0 Å². The van der Waals surface area contributed by atoms with Crippen LogP contribution in [0, 0.1) is 5.82 Å². The zero-order valence-electron chi connectivity index (χ0n) is 13.7. The number of H-pyrrole nitrogens is 1. The third-order valence-electron chi connectivity index (χ3n) is 4.45. The molecule has 25 heavy (non-hydrogen) atoms. The van der Waals surface area contributed by atoms with E-state index in [1.165, 1.54) is 18.5 Å². The number of rotatable bonds is 5. The van der Waals surface area contributed by atoms with Crippen molar-refractivity contribution < 1.29 is 9.13 Å². The minimum absolute atomic E-state index is 0.0985. The first kappa shape index (κ1) is 15.9. The lowest BCUT2D eigenvalue weighted by Gasteiger charge is -2.35. The first-order chi connectivity index (χ1) is 12.3. The second kappa shape index (κ2) is 7.12. The van der Waals surface area contributed by atoms with Crippen LogP contribution in [0.1, 0.15) is 11.6 Å². The molecule has 8 heteroatoms. The number of nitrogens with zero attached hydrogens (tertiary/aromatic N) is 4. The summed E-state index contributed by atoms with van der Waals surface area (Å²) in [5.41, 5.74) is 1.76. The molecule has 3 aromatic rings. The Morgan fingerprint density at radius 1 is 1.20 bits per heavy atom. The highest BCUT2D eigenvalue weighted by Crippen LogP contribution is 2.24. The monoisotopic (exact) mass is 342 g/mol. The van der Waals surface area contributed by atoms with E-state index < -0.39 is 0 Å². The highest BCUT2D eigenvalue weighted by Gasteiger charge is 2.23. The van der Waals surface area contributed by atoms with Crippen molar-refractivity contribution in [3.05, 3.63) is 48.2 Å². The van der Waals surface area contributed by atoms with E-state index in [0.717, 1.165) is 29.9 Å². The quantitative estimate of drug-likeness (QED) is 0.738. The predicted molar refractivity (Wildman–Crippen MR) is 91.7 cm³/mol. The van der Waals surface area contributed by atoms with Crippen LogP contribution in [0.25, 0.3) is 11.0 Å². The van der Waals surface area contributed by atoms with Gasteiger partial charge in [-0.05, 0) is 17.7 Å². The summed E-state index contributed by atoms with van der Waals surface area (Å²) in [5, 5.41) is 11.1. The van der Waals surface area contributed by atoms with Gasteiger partial charge in [0, 0.05) is 19.6 Å². The molecule has 1 unspecified atom stereocenters. The molecule has 4 rings (SSSR count). The average molecular weight is 342 g/mol. The van der Waals surface area contributed by atoms with Gasteiger partial charge in [0.25, 0.3) is 0 Å². The lowest BCUT2D eigenvalue weighted by molar-refractivity contribution is 0.0187. The SMILES string of the molecule is Fc1ccc(C(CNc2ncnc3[nH]ncc23)N2CCOCC2)cc1. The van der Waals surface area contributed by atoms with E-state index in [2.05, 4.69) is 30.4 Å². The molecule has 0 amide bonds. The van der Waals surface area contributed by atoms with Crippen LogP contribution in [0.3, 0.4) is 0 Å². The molecule has 1 fully saturated rings. The summed E-state index contributed by atoms with van der Waals surface area (Å²) in [6, 6.07) is 6.78. The largest absolute Gasteiger partial charge is 0.379 e. The topological polar surface area (TPSA) is 79.0 Å². The fourth-order valence-electron chi connectivity index (χ4n) is 3.13. The summed E-state index contributed by atoms with van der Waals surface area (Å²) in [5.74, 6) is 0.507. The summed E-state index contributed by atoms with van der Waals surface area (Å²) in [6.07, 6.45) is 3.21. The molecular weight excluding hydrogens is 323 g/mol. The lowest BCUT2D eigenvalue weighted by atomic mass is 10.0. The van der Waals surface area contributed by atoms with Crippen molar-refractivity contribution >= 4 is 16.9 Å². The molecule has 0 bridgehead atoms. The maximum absolute atomic E-state index is 13.3. The van der Waals surface area contributed by atoms with Gasteiger partial charge in [-0.15, -0.1) is 0 Å². The van der Waals surface area contributed by atoms with E-state index >= 15 is 0 Å². The van der Waals surface area contributed by atoms with Crippen LogP contribution in [-0.4, -0.2) is 57.9 Å². The van der Waals surface area contributed by atoms with Crippen molar-refractivity contribution in [2.45, 2.75) is 6.04 Å². The number of fused-ring (bicyclic) bond motifs is 1. The van der Waals surface area contributed by atoms with Crippen LogP contribution in [0.2, 0.25) is 0 Å². The summed E-state index contributed by atoms with van der Waals surface area (Å²) in [4.78, 5) is 10.8. The third kappa shape index (κ3) is 3.45. The average Bonchev–Trinajstić information content (AvgIpc) is 3.14. The maximum atomic E-state index is 13.3. The second-order valence-corrected chi connectivity index (χ2v) is 5.95. The van der Waals surface area contributed by atoms with Crippen molar-refractivity contribution in [2.75, 3.05) is 38.2 Å². The molecular formula is C17H19FN6O. The smallest absolute Gasteiger partial charge is 0.160 e. The van der Waals surface area contributed by atoms with E-state index in [1.54, 1.807) is 6.20 Å². The molecule has 1 aromatic carbocycles. The number of anilines is 1. The molecule has 1 aliphatic rings. The van der Waals surface area contributed by atoms with E-state index in [9.17, 15) is 4.39 Å². The van der Waals surface area contributed by atoms with Crippen molar-refractivity contribution in [2.24, 2.45) is 0 Å². The summed E-state index contributed by atoms with van der Waals surface area (Å²) < 4.78 is 18.8. The first-order valence-corrected chi connectivity index (χ1v) is 8.26. The van der Waals surface area contributed by atoms with Crippen LogP contribution in [0.4, 0.5) is 10.2 Å². The Balaban J connectivity index is 1.57. The van der Waals surface area contributed by atoms with E-state index in [-0.39, 0.29) is 11.9 Å². The maximum Gasteiger partial charge on any atom is 0.160 e. The Hall–Kier alpha value is -2.58. The molecule has 1 aliphatic heterocycles. The third-order valence-corrected chi connectivity index (χ3v) is 4.45. The van der Waals surface area contributed by atoms with Gasteiger partial charge in [-0.25, -0.2) is 14.4 Å². The van der Waals surface area contributed by atoms with Crippen molar-refractivity contribution in [3.8, 4) is 0 Å². The molecule has 0 radical (unpaired) electrons. The number of ether oxygens (including phenoxy) is 1. The highest BCUT2D eigenvalue weighted by molar-refractivity contribution is 5.85. The van der Waals surface area contributed by atoms with Crippen LogP contribution in [-0.2, 0) is 4.74 Å². The Morgan fingerprint density at radius 3 is 2.80 bits per heavy atom. The fourth-order valence-corrected chi connectivity index (χ4v) is 3.13. The Bertz CT molecular complexity index is 831. The first-order valence-electron chi connectivity index (χ1n) is 8.26. The molecule has 2 N–H and O–H groups in total. The number of benzene rings is 1. The van der Waals surface area contributed by atoms with Crippen molar-refractivity contribution in [3.63, 3.8) is 0 Å². The van der Waals surface area contributed by atoms with E-state index in [0.29, 0.717) is 25.4 Å². The standard InChI is InChI=1S/C17H19FN6O/c18-13-3-1-12(2-4-13)15(24-5-7-25-8-6-24)10-19-16-14-9-22-23-17(14)21-11-20-16/h1-4,9,11,15H,5-8,10H2,(H2,19,20,21,22,23). The number of halogens is 1. The van der Waals surface area contributed by atoms with Crippen LogP contribution in [0.5, 0.6) is 0 Å².